The molecule has 0 spiro atoms. The first-order valence-electron chi connectivity index (χ1n) is 4.05. The molecule has 0 aliphatic rings. The third-order valence-electron chi connectivity index (χ3n) is 1.76. The van der Waals surface area contributed by atoms with Gasteiger partial charge in [0.05, 0.1) is 0 Å². The van der Waals surface area contributed by atoms with Gasteiger partial charge in [-0.05, 0) is 6.92 Å². The molecule has 0 N–H and O–H groups in total. The van der Waals surface area contributed by atoms with Crippen LogP contribution in [0.1, 0.15) is 5.56 Å². The summed E-state index contributed by atoms with van der Waals surface area (Å²) in [5.41, 5.74) is 0.466. The third kappa shape index (κ3) is 2.31. The lowest BCUT2D eigenvalue weighted by atomic mass is 10.2. The molecular formula is C10H5N3O3. The van der Waals surface area contributed by atoms with Crippen LogP contribution in [0.5, 0.6) is 17.2 Å². The molecule has 16 heavy (non-hydrogen) atoms. The molecule has 0 atom stereocenters. The van der Waals surface area contributed by atoms with Crippen molar-refractivity contribution in [2.75, 3.05) is 0 Å². The molecule has 78 valence electrons. The highest BCUT2D eigenvalue weighted by atomic mass is 16.5. The maximum absolute atomic E-state index is 8.40. The number of nitrogens with zero attached hydrogens (tertiary/aromatic N) is 3. The van der Waals surface area contributed by atoms with Gasteiger partial charge in [-0.3, -0.25) is 0 Å². The number of hydrogen-bond donors (Lipinski definition) is 0. The average Bonchev–Trinajstić information content (AvgIpc) is 2.26. The Bertz CT molecular complexity index is 483. The van der Waals surface area contributed by atoms with E-state index in [4.69, 9.17) is 15.8 Å². The Morgan fingerprint density at radius 3 is 1.69 bits per heavy atom. The van der Waals surface area contributed by atoms with Crippen LogP contribution in [0.2, 0.25) is 0 Å². The molecule has 0 aliphatic carbocycles. The van der Waals surface area contributed by atoms with Gasteiger partial charge in [0.15, 0.2) is 11.5 Å². The average molecular weight is 215 g/mol. The summed E-state index contributed by atoms with van der Waals surface area (Å²) in [5.74, 6) is 0.463. The highest BCUT2D eigenvalue weighted by Crippen LogP contribution is 2.33. The summed E-state index contributed by atoms with van der Waals surface area (Å²) in [4.78, 5) is 0. The fraction of sp³-hybridized carbons (Fsp3) is 0.100. The third-order valence-corrected chi connectivity index (χ3v) is 1.76. The number of hydrogen-bond acceptors (Lipinski definition) is 6. The Labute approximate surface area is 91.4 Å². The molecule has 0 amide bonds. The minimum absolute atomic E-state index is 0.128. The zero-order valence-corrected chi connectivity index (χ0v) is 8.22. The van der Waals surface area contributed by atoms with Crippen LogP contribution >= 0.6 is 0 Å². The van der Waals surface area contributed by atoms with Gasteiger partial charge in [0.2, 0.25) is 0 Å². The first-order valence-corrected chi connectivity index (χ1v) is 4.05. The van der Waals surface area contributed by atoms with E-state index in [2.05, 4.69) is 14.2 Å². The van der Waals surface area contributed by atoms with Crippen molar-refractivity contribution < 1.29 is 14.2 Å². The first-order chi connectivity index (χ1) is 7.72. The molecular weight excluding hydrogens is 210 g/mol. The standard InChI is InChI=1S/C10H5N3O3/c1-7-9(15-5-12)2-8(14-4-11)3-10(7)16-6-13/h2-3H,1H3. The van der Waals surface area contributed by atoms with Gasteiger partial charge in [-0.25, -0.2) is 0 Å². The van der Waals surface area contributed by atoms with Crippen LogP contribution in [0.25, 0.3) is 0 Å². The predicted molar refractivity (Wildman–Crippen MR) is 49.9 cm³/mol. The monoisotopic (exact) mass is 215 g/mol. The summed E-state index contributed by atoms with van der Waals surface area (Å²) in [5, 5.41) is 25.2. The van der Waals surface area contributed by atoms with Gasteiger partial charge in [0.25, 0.3) is 18.8 Å². The van der Waals surface area contributed by atoms with Crippen LogP contribution in [0.4, 0.5) is 0 Å². The summed E-state index contributed by atoms with van der Waals surface area (Å²) in [6, 6.07) is 2.71. The van der Waals surface area contributed by atoms with E-state index in [1.165, 1.54) is 30.9 Å². The van der Waals surface area contributed by atoms with Crippen LogP contribution in [0.3, 0.4) is 0 Å². The number of ether oxygens (including phenoxy) is 3. The van der Waals surface area contributed by atoms with Crippen molar-refractivity contribution in [3.63, 3.8) is 0 Å². The van der Waals surface area contributed by atoms with E-state index in [0.717, 1.165) is 0 Å². The number of benzene rings is 1. The van der Waals surface area contributed by atoms with Crippen molar-refractivity contribution in [1.29, 1.82) is 15.8 Å². The molecule has 0 fully saturated rings. The maximum atomic E-state index is 8.40. The molecule has 0 bridgehead atoms. The van der Waals surface area contributed by atoms with Gasteiger partial charge in [-0.2, -0.15) is 0 Å². The second-order valence-corrected chi connectivity index (χ2v) is 2.62. The normalized spacial score (nSPS) is 8.12. The molecule has 0 saturated heterocycles. The topological polar surface area (TPSA) is 99.1 Å². The summed E-state index contributed by atoms with van der Waals surface area (Å²) in [6.45, 7) is 1.61. The van der Waals surface area contributed by atoms with E-state index in [1.54, 1.807) is 6.92 Å². The molecule has 0 aliphatic heterocycles. The quantitative estimate of drug-likeness (QED) is 0.709. The Kier molecular flexibility index (Phi) is 3.55. The molecule has 0 unspecified atom stereocenters. The van der Waals surface area contributed by atoms with Crippen molar-refractivity contribution in [2.24, 2.45) is 0 Å². The van der Waals surface area contributed by atoms with E-state index in [9.17, 15) is 0 Å². The summed E-state index contributed by atoms with van der Waals surface area (Å²) in [6.07, 6.45) is 4.44. The minimum Gasteiger partial charge on any atom is -0.388 e. The van der Waals surface area contributed by atoms with Crippen molar-refractivity contribution in [3.05, 3.63) is 17.7 Å². The maximum Gasteiger partial charge on any atom is 0.292 e. The van der Waals surface area contributed by atoms with E-state index in [0.29, 0.717) is 5.56 Å². The highest BCUT2D eigenvalue weighted by molar-refractivity contribution is 5.50. The van der Waals surface area contributed by atoms with Crippen LogP contribution in [0, 0.1) is 41.5 Å². The molecule has 1 aromatic carbocycles. The smallest absolute Gasteiger partial charge is 0.292 e. The molecule has 0 radical (unpaired) electrons. The minimum atomic E-state index is 0.128. The van der Waals surface area contributed by atoms with Crippen LogP contribution < -0.4 is 14.2 Å². The molecule has 1 rings (SSSR count). The Balaban J connectivity index is 3.24. The van der Waals surface area contributed by atoms with Gasteiger partial charge >= 0.3 is 0 Å². The second-order valence-electron chi connectivity index (χ2n) is 2.62. The van der Waals surface area contributed by atoms with Crippen molar-refractivity contribution in [2.45, 2.75) is 6.92 Å². The molecule has 6 heteroatoms. The van der Waals surface area contributed by atoms with Crippen LogP contribution in [-0.4, -0.2) is 0 Å². The Morgan fingerprint density at radius 1 is 0.875 bits per heavy atom. The molecule has 0 saturated carbocycles. The fourth-order valence-corrected chi connectivity index (χ4v) is 1.06. The van der Waals surface area contributed by atoms with Gasteiger partial charge in [-0.1, -0.05) is 0 Å². The van der Waals surface area contributed by atoms with E-state index < -0.39 is 0 Å². The summed E-state index contributed by atoms with van der Waals surface area (Å²) < 4.78 is 13.8. The molecule has 0 aromatic heterocycles. The van der Waals surface area contributed by atoms with Crippen LogP contribution in [-0.2, 0) is 0 Å². The van der Waals surface area contributed by atoms with Gasteiger partial charge in [0, 0.05) is 17.7 Å². The zero-order valence-electron chi connectivity index (χ0n) is 8.22. The van der Waals surface area contributed by atoms with Gasteiger partial charge in [0.1, 0.15) is 5.75 Å². The lowest BCUT2D eigenvalue weighted by Crippen LogP contribution is -1.93. The largest absolute Gasteiger partial charge is 0.388 e. The summed E-state index contributed by atoms with van der Waals surface area (Å²) >= 11 is 0. The Morgan fingerprint density at radius 2 is 1.31 bits per heavy atom. The van der Waals surface area contributed by atoms with E-state index in [1.807, 2.05) is 0 Å². The molecule has 1 aromatic rings. The zero-order chi connectivity index (χ0) is 12.0. The highest BCUT2D eigenvalue weighted by Gasteiger charge is 2.11. The van der Waals surface area contributed by atoms with Gasteiger partial charge in [-0.15, -0.1) is 15.8 Å². The van der Waals surface area contributed by atoms with Crippen LogP contribution in [0.15, 0.2) is 12.1 Å². The second kappa shape index (κ2) is 5.09. The van der Waals surface area contributed by atoms with E-state index in [-0.39, 0.29) is 17.2 Å². The lowest BCUT2D eigenvalue weighted by Gasteiger charge is -2.07. The SMILES string of the molecule is Cc1c(OC#N)cc(OC#N)cc1OC#N. The number of rotatable bonds is 3. The number of nitriles is 3. The molecule has 0 heterocycles. The van der Waals surface area contributed by atoms with Crippen molar-refractivity contribution in [3.8, 4) is 36.0 Å². The van der Waals surface area contributed by atoms with Gasteiger partial charge < -0.3 is 14.2 Å². The predicted octanol–water partition coefficient (Wildman–Crippen LogP) is 1.57. The van der Waals surface area contributed by atoms with Crippen molar-refractivity contribution >= 4 is 0 Å². The van der Waals surface area contributed by atoms with E-state index >= 15 is 0 Å². The first kappa shape index (κ1) is 11.2. The molecule has 6 nitrogen and oxygen atoms in total. The lowest BCUT2D eigenvalue weighted by molar-refractivity contribution is 0.457. The Hall–Kier alpha value is -2.91. The van der Waals surface area contributed by atoms with Crippen molar-refractivity contribution in [1.82, 2.24) is 0 Å². The summed E-state index contributed by atoms with van der Waals surface area (Å²) in [7, 11) is 0. The fourth-order valence-electron chi connectivity index (χ4n) is 1.06.